The number of hydrogen-bond acceptors (Lipinski definition) is 2. The second-order valence-corrected chi connectivity index (χ2v) is 8.04. The maximum absolute atomic E-state index is 12.2. The number of carbonyl (C=O) groups excluding carboxylic acids is 1. The van der Waals surface area contributed by atoms with Crippen LogP contribution in [-0.2, 0) is 4.79 Å². The Morgan fingerprint density at radius 3 is 2.21 bits per heavy atom. The van der Waals surface area contributed by atoms with Crippen molar-refractivity contribution in [2.24, 2.45) is 16.7 Å². The summed E-state index contributed by atoms with van der Waals surface area (Å²) in [5, 5.41) is 3.53. The van der Waals surface area contributed by atoms with Gasteiger partial charge in [0.2, 0.25) is 5.91 Å². The van der Waals surface area contributed by atoms with E-state index in [0.29, 0.717) is 24.3 Å². The van der Waals surface area contributed by atoms with E-state index in [1.807, 2.05) is 0 Å². The number of likely N-dealkylation sites (N-methyl/N-ethyl adjacent to an activating group) is 1. The van der Waals surface area contributed by atoms with Gasteiger partial charge in [0.15, 0.2) is 0 Å². The van der Waals surface area contributed by atoms with Crippen LogP contribution < -0.4 is 5.32 Å². The Kier molecular flexibility index (Phi) is 5.05. The van der Waals surface area contributed by atoms with E-state index in [1.165, 1.54) is 0 Å². The predicted molar refractivity (Wildman–Crippen MR) is 81.1 cm³/mol. The molecule has 1 aliphatic heterocycles. The van der Waals surface area contributed by atoms with E-state index >= 15 is 0 Å². The molecule has 2 unspecified atom stereocenters. The second kappa shape index (κ2) is 5.82. The van der Waals surface area contributed by atoms with Gasteiger partial charge in [-0.2, -0.15) is 0 Å². The molecule has 3 nitrogen and oxygen atoms in total. The molecule has 1 rings (SSSR count). The summed E-state index contributed by atoms with van der Waals surface area (Å²) in [4.78, 5) is 14.3. The van der Waals surface area contributed by atoms with Crippen LogP contribution in [0.15, 0.2) is 0 Å². The zero-order valence-electron chi connectivity index (χ0n) is 13.8. The number of hydrogen-bond donors (Lipinski definition) is 1. The number of rotatable bonds is 4. The van der Waals surface area contributed by atoms with Crippen LogP contribution in [-0.4, -0.2) is 36.5 Å². The summed E-state index contributed by atoms with van der Waals surface area (Å²) in [6, 6.07) is 0.361. The lowest BCUT2D eigenvalue weighted by Crippen LogP contribution is -2.49. The van der Waals surface area contributed by atoms with Crippen molar-refractivity contribution in [2.45, 2.75) is 60.9 Å². The SMILES string of the molecule is CCNC(CN1CC(C(C)(C)C)CC1=O)C(C)(C)C. The van der Waals surface area contributed by atoms with E-state index in [1.54, 1.807) is 0 Å². The van der Waals surface area contributed by atoms with Gasteiger partial charge in [0, 0.05) is 25.6 Å². The summed E-state index contributed by atoms with van der Waals surface area (Å²) >= 11 is 0. The van der Waals surface area contributed by atoms with Gasteiger partial charge >= 0.3 is 0 Å². The minimum atomic E-state index is 0.177. The van der Waals surface area contributed by atoms with E-state index in [4.69, 9.17) is 0 Å². The average molecular weight is 268 g/mol. The first-order chi connectivity index (χ1) is 8.55. The van der Waals surface area contributed by atoms with Gasteiger partial charge in [-0.15, -0.1) is 0 Å². The Labute approximate surface area is 119 Å². The first kappa shape index (κ1) is 16.5. The van der Waals surface area contributed by atoms with E-state index in [9.17, 15) is 4.79 Å². The molecule has 0 aromatic heterocycles. The highest BCUT2D eigenvalue weighted by molar-refractivity contribution is 5.78. The summed E-state index contributed by atoms with van der Waals surface area (Å²) < 4.78 is 0. The molecule has 1 heterocycles. The maximum atomic E-state index is 12.2. The highest BCUT2D eigenvalue weighted by Crippen LogP contribution is 2.34. The van der Waals surface area contributed by atoms with Crippen molar-refractivity contribution in [3.8, 4) is 0 Å². The van der Waals surface area contributed by atoms with Gasteiger partial charge in [-0.3, -0.25) is 4.79 Å². The van der Waals surface area contributed by atoms with Crippen molar-refractivity contribution in [3.05, 3.63) is 0 Å². The zero-order chi connectivity index (χ0) is 14.8. The molecular formula is C16H32N2O. The number of likely N-dealkylation sites (tertiary alicyclic amines) is 1. The number of nitrogens with one attached hydrogen (secondary N) is 1. The standard InChI is InChI=1S/C16H32N2O/c1-8-17-13(16(5,6)7)11-18-10-12(9-14(18)19)15(2,3)4/h12-13,17H,8-11H2,1-7H3. The van der Waals surface area contributed by atoms with Gasteiger partial charge < -0.3 is 10.2 Å². The predicted octanol–water partition coefficient (Wildman–Crippen LogP) is 2.91. The molecule has 0 aliphatic carbocycles. The number of carbonyl (C=O) groups is 1. The van der Waals surface area contributed by atoms with Gasteiger partial charge in [-0.1, -0.05) is 48.5 Å². The molecule has 0 aromatic carbocycles. The molecule has 3 heteroatoms. The van der Waals surface area contributed by atoms with Crippen molar-refractivity contribution in [3.63, 3.8) is 0 Å². The summed E-state index contributed by atoms with van der Waals surface area (Å²) in [5.41, 5.74) is 0.399. The van der Waals surface area contributed by atoms with Crippen molar-refractivity contribution >= 4 is 5.91 Å². The minimum Gasteiger partial charge on any atom is -0.341 e. The summed E-state index contributed by atoms with van der Waals surface area (Å²) in [7, 11) is 0. The number of amides is 1. The normalized spacial score (nSPS) is 23.0. The lowest BCUT2D eigenvalue weighted by molar-refractivity contribution is -0.128. The smallest absolute Gasteiger partial charge is 0.222 e. The quantitative estimate of drug-likeness (QED) is 0.850. The molecule has 0 radical (unpaired) electrons. The highest BCUT2D eigenvalue weighted by atomic mass is 16.2. The molecule has 1 fully saturated rings. The minimum absolute atomic E-state index is 0.177. The first-order valence-corrected chi connectivity index (χ1v) is 7.57. The lowest BCUT2D eigenvalue weighted by Gasteiger charge is -2.35. The Morgan fingerprint density at radius 2 is 1.84 bits per heavy atom. The van der Waals surface area contributed by atoms with Crippen LogP contribution in [0.3, 0.4) is 0 Å². The molecule has 1 aliphatic rings. The molecule has 0 aromatic rings. The Morgan fingerprint density at radius 1 is 1.26 bits per heavy atom. The van der Waals surface area contributed by atoms with Crippen LogP contribution >= 0.6 is 0 Å². The molecule has 1 saturated heterocycles. The maximum Gasteiger partial charge on any atom is 0.222 e. The van der Waals surface area contributed by atoms with E-state index in [2.05, 4.69) is 58.7 Å². The third-order valence-electron chi connectivity index (χ3n) is 4.34. The van der Waals surface area contributed by atoms with Crippen LogP contribution in [0.1, 0.15) is 54.9 Å². The van der Waals surface area contributed by atoms with Crippen LogP contribution in [0.25, 0.3) is 0 Å². The van der Waals surface area contributed by atoms with Gasteiger partial charge in [-0.05, 0) is 23.3 Å². The Balaban J connectivity index is 2.68. The molecular weight excluding hydrogens is 236 g/mol. The van der Waals surface area contributed by atoms with Gasteiger partial charge in [-0.25, -0.2) is 0 Å². The average Bonchev–Trinajstić information content (AvgIpc) is 2.58. The summed E-state index contributed by atoms with van der Waals surface area (Å²) in [6.45, 7) is 18.3. The Hall–Kier alpha value is -0.570. The molecule has 0 bridgehead atoms. The van der Waals surface area contributed by atoms with Crippen LogP contribution in [0.5, 0.6) is 0 Å². The molecule has 2 atom stereocenters. The zero-order valence-corrected chi connectivity index (χ0v) is 13.8. The molecule has 0 spiro atoms. The third-order valence-corrected chi connectivity index (χ3v) is 4.34. The summed E-state index contributed by atoms with van der Waals surface area (Å²) in [6.07, 6.45) is 0.715. The Bertz CT molecular complexity index is 312. The fourth-order valence-corrected chi connectivity index (χ4v) is 2.64. The van der Waals surface area contributed by atoms with E-state index < -0.39 is 0 Å². The fraction of sp³-hybridized carbons (Fsp3) is 0.938. The number of nitrogens with zero attached hydrogens (tertiary/aromatic N) is 1. The molecule has 1 amide bonds. The van der Waals surface area contributed by atoms with Crippen molar-refractivity contribution in [1.82, 2.24) is 10.2 Å². The van der Waals surface area contributed by atoms with Gasteiger partial charge in [0.25, 0.3) is 0 Å². The van der Waals surface area contributed by atoms with Crippen molar-refractivity contribution in [2.75, 3.05) is 19.6 Å². The second-order valence-electron chi connectivity index (χ2n) is 8.04. The topological polar surface area (TPSA) is 32.3 Å². The van der Waals surface area contributed by atoms with Crippen molar-refractivity contribution in [1.29, 1.82) is 0 Å². The molecule has 112 valence electrons. The van der Waals surface area contributed by atoms with E-state index in [-0.39, 0.29) is 10.8 Å². The molecule has 1 N–H and O–H groups in total. The van der Waals surface area contributed by atoms with Crippen molar-refractivity contribution < 1.29 is 4.79 Å². The lowest BCUT2D eigenvalue weighted by atomic mass is 9.80. The van der Waals surface area contributed by atoms with E-state index in [0.717, 1.165) is 19.6 Å². The van der Waals surface area contributed by atoms with Crippen LogP contribution in [0.4, 0.5) is 0 Å². The van der Waals surface area contributed by atoms with Crippen LogP contribution in [0.2, 0.25) is 0 Å². The van der Waals surface area contributed by atoms with Crippen LogP contribution in [0, 0.1) is 16.7 Å². The van der Waals surface area contributed by atoms with Gasteiger partial charge in [0.1, 0.15) is 0 Å². The summed E-state index contributed by atoms with van der Waals surface area (Å²) in [5.74, 6) is 0.814. The molecule has 0 saturated carbocycles. The highest BCUT2D eigenvalue weighted by Gasteiger charge is 2.38. The molecule has 19 heavy (non-hydrogen) atoms. The fourth-order valence-electron chi connectivity index (χ4n) is 2.64. The monoisotopic (exact) mass is 268 g/mol. The first-order valence-electron chi connectivity index (χ1n) is 7.57. The third kappa shape index (κ3) is 4.48. The largest absolute Gasteiger partial charge is 0.341 e. The van der Waals surface area contributed by atoms with Gasteiger partial charge in [0.05, 0.1) is 0 Å².